The standard InChI is InChI=1S/C19H25NO5/c1-3-4-12-25-19(23)20-11-5-6-17(21)16(13-20)14-7-9-15(10-8-14)18(22)24-2/h7-10,16H,3-6,11-13H2,1-2H3. The molecule has 1 amide bonds. The summed E-state index contributed by atoms with van der Waals surface area (Å²) in [5.41, 5.74) is 1.23. The third-order valence-electron chi connectivity index (χ3n) is 4.36. The van der Waals surface area contributed by atoms with Gasteiger partial charge < -0.3 is 14.4 Å². The minimum Gasteiger partial charge on any atom is -0.465 e. The number of nitrogens with zero attached hydrogens (tertiary/aromatic N) is 1. The zero-order valence-corrected chi connectivity index (χ0v) is 14.8. The molecular weight excluding hydrogens is 322 g/mol. The highest BCUT2D eigenvalue weighted by atomic mass is 16.6. The fraction of sp³-hybridized carbons (Fsp3) is 0.526. The van der Waals surface area contributed by atoms with Gasteiger partial charge in [0, 0.05) is 19.5 Å². The summed E-state index contributed by atoms with van der Waals surface area (Å²) in [6.07, 6.45) is 2.50. The Morgan fingerprint density at radius 1 is 1.24 bits per heavy atom. The van der Waals surface area contributed by atoms with Gasteiger partial charge in [0.25, 0.3) is 0 Å². The lowest BCUT2D eigenvalue weighted by atomic mass is 9.92. The molecule has 0 aliphatic carbocycles. The van der Waals surface area contributed by atoms with Crippen molar-refractivity contribution in [3.63, 3.8) is 0 Å². The quantitative estimate of drug-likeness (QED) is 0.604. The lowest BCUT2D eigenvalue weighted by Gasteiger charge is -2.23. The molecule has 6 heteroatoms. The highest BCUT2D eigenvalue weighted by Crippen LogP contribution is 2.25. The van der Waals surface area contributed by atoms with Gasteiger partial charge in [-0.3, -0.25) is 4.79 Å². The summed E-state index contributed by atoms with van der Waals surface area (Å²) in [5.74, 6) is -0.706. The molecule has 1 aliphatic heterocycles. The highest BCUT2D eigenvalue weighted by molar-refractivity contribution is 5.90. The fourth-order valence-electron chi connectivity index (χ4n) is 2.85. The number of hydrogen-bond donors (Lipinski definition) is 0. The van der Waals surface area contributed by atoms with Gasteiger partial charge in [-0.2, -0.15) is 0 Å². The van der Waals surface area contributed by atoms with E-state index in [4.69, 9.17) is 4.74 Å². The van der Waals surface area contributed by atoms with Gasteiger partial charge in [0.1, 0.15) is 5.78 Å². The topological polar surface area (TPSA) is 72.9 Å². The predicted octanol–water partition coefficient (Wildman–Crippen LogP) is 3.16. The van der Waals surface area contributed by atoms with E-state index in [-0.39, 0.29) is 11.9 Å². The van der Waals surface area contributed by atoms with E-state index in [1.54, 1.807) is 29.2 Å². The maximum absolute atomic E-state index is 12.4. The van der Waals surface area contributed by atoms with Crippen molar-refractivity contribution < 1.29 is 23.9 Å². The minimum absolute atomic E-state index is 0.106. The van der Waals surface area contributed by atoms with Crippen LogP contribution >= 0.6 is 0 Å². The van der Waals surface area contributed by atoms with Crippen molar-refractivity contribution >= 4 is 17.8 Å². The molecule has 1 heterocycles. The molecular formula is C19H25NO5. The molecule has 6 nitrogen and oxygen atoms in total. The lowest BCUT2D eigenvalue weighted by Crippen LogP contribution is -2.35. The molecule has 1 fully saturated rings. The van der Waals surface area contributed by atoms with E-state index in [2.05, 4.69) is 4.74 Å². The summed E-state index contributed by atoms with van der Waals surface area (Å²) < 4.78 is 9.96. The maximum atomic E-state index is 12.4. The number of likely N-dealkylation sites (tertiary alicyclic amines) is 1. The van der Waals surface area contributed by atoms with Gasteiger partial charge in [0.05, 0.1) is 25.2 Å². The summed E-state index contributed by atoms with van der Waals surface area (Å²) in [5, 5.41) is 0. The van der Waals surface area contributed by atoms with E-state index in [0.29, 0.717) is 38.1 Å². The molecule has 1 aromatic carbocycles. The minimum atomic E-state index is -0.417. The summed E-state index contributed by atoms with van der Waals surface area (Å²) in [4.78, 5) is 37.8. The van der Waals surface area contributed by atoms with Gasteiger partial charge in [-0.25, -0.2) is 9.59 Å². The molecule has 0 bridgehead atoms. The van der Waals surface area contributed by atoms with Crippen LogP contribution in [0.5, 0.6) is 0 Å². The summed E-state index contributed by atoms with van der Waals surface area (Å²) in [6, 6.07) is 6.79. The van der Waals surface area contributed by atoms with E-state index >= 15 is 0 Å². The fourth-order valence-corrected chi connectivity index (χ4v) is 2.85. The average Bonchev–Trinajstić information content (AvgIpc) is 2.83. The molecule has 0 aromatic heterocycles. The van der Waals surface area contributed by atoms with Gasteiger partial charge >= 0.3 is 12.1 Å². The van der Waals surface area contributed by atoms with Crippen molar-refractivity contribution in [2.45, 2.75) is 38.5 Å². The molecule has 1 atom stereocenters. The number of rotatable bonds is 5. The zero-order valence-electron chi connectivity index (χ0n) is 14.8. The number of hydrogen-bond acceptors (Lipinski definition) is 5. The van der Waals surface area contributed by atoms with Crippen molar-refractivity contribution in [2.24, 2.45) is 0 Å². The number of ketones is 1. The summed E-state index contributed by atoms with van der Waals surface area (Å²) in [6.45, 7) is 3.26. The molecule has 1 aromatic rings. The number of unbranched alkanes of at least 4 members (excludes halogenated alkanes) is 1. The van der Waals surface area contributed by atoms with Crippen LogP contribution in [0.25, 0.3) is 0 Å². The second-order valence-electron chi connectivity index (χ2n) is 6.15. The lowest BCUT2D eigenvalue weighted by molar-refractivity contribution is -0.120. The second-order valence-corrected chi connectivity index (χ2v) is 6.15. The molecule has 1 aliphatic rings. The van der Waals surface area contributed by atoms with E-state index in [9.17, 15) is 14.4 Å². The monoisotopic (exact) mass is 347 g/mol. The normalized spacial score (nSPS) is 17.8. The van der Waals surface area contributed by atoms with Crippen LogP contribution in [0.15, 0.2) is 24.3 Å². The summed E-state index contributed by atoms with van der Waals surface area (Å²) in [7, 11) is 1.33. The van der Waals surface area contributed by atoms with Crippen LogP contribution in [0.3, 0.4) is 0 Å². The molecule has 0 N–H and O–H groups in total. The van der Waals surface area contributed by atoms with Gasteiger partial charge in [-0.05, 0) is 30.5 Å². The summed E-state index contributed by atoms with van der Waals surface area (Å²) >= 11 is 0. The molecule has 0 saturated carbocycles. The first kappa shape index (κ1) is 19.0. The number of ether oxygens (including phenoxy) is 2. The SMILES string of the molecule is CCCCOC(=O)N1CCCC(=O)C(c2ccc(C(=O)OC)cc2)C1. The number of carbonyl (C=O) groups excluding carboxylic acids is 3. The number of benzene rings is 1. The van der Waals surface area contributed by atoms with Gasteiger partial charge in [-0.1, -0.05) is 25.5 Å². The van der Waals surface area contributed by atoms with Gasteiger partial charge in [0.15, 0.2) is 0 Å². The van der Waals surface area contributed by atoms with Crippen molar-refractivity contribution in [2.75, 3.05) is 26.8 Å². The van der Waals surface area contributed by atoms with Crippen molar-refractivity contribution in [1.29, 1.82) is 0 Å². The van der Waals surface area contributed by atoms with E-state index in [0.717, 1.165) is 18.4 Å². The number of carbonyl (C=O) groups is 3. The predicted molar refractivity (Wildman–Crippen MR) is 92.6 cm³/mol. The molecule has 0 spiro atoms. The van der Waals surface area contributed by atoms with Crippen LogP contribution in [0, 0.1) is 0 Å². The Morgan fingerprint density at radius 2 is 1.96 bits per heavy atom. The smallest absolute Gasteiger partial charge is 0.409 e. The Labute approximate surface area is 148 Å². The van der Waals surface area contributed by atoms with Crippen LogP contribution in [0.4, 0.5) is 4.79 Å². The van der Waals surface area contributed by atoms with Crippen LogP contribution in [-0.2, 0) is 14.3 Å². The Kier molecular flexibility index (Phi) is 6.98. The first-order valence-electron chi connectivity index (χ1n) is 8.69. The van der Waals surface area contributed by atoms with Crippen LogP contribution in [0.1, 0.15) is 54.4 Å². The first-order valence-corrected chi connectivity index (χ1v) is 8.69. The maximum Gasteiger partial charge on any atom is 0.409 e. The first-order chi connectivity index (χ1) is 12.1. The highest BCUT2D eigenvalue weighted by Gasteiger charge is 2.29. The van der Waals surface area contributed by atoms with Crippen molar-refractivity contribution in [3.8, 4) is 0 Å². The van der Waals surface area contributed by atoms with Crippen LogP contribution in [0.2, 0.25) is 0 Å². The van der Waals surface area contributed by atoms with Gasteiger partial charge in [-0.15, -0.1) is 0 Å². The molecule has 1 saturated heterocycles. The molecule has 1 unspecified atom stereocenters. The molecule has 0 radical (unpaired) electrons. The number of esters is 1. The Bertz CT molecular complexity index is 611. The van der Waals surface area contributed by atoms with Gasteiger partial charge in [0.2, 0.25) is 0 Å². The third kappa shape index (κ3) is 5.05. The average molecular weight is 347 g/mol. The zero-order chi connectivity index (χ0) is 18.2. The molecule has 136 valence electrons. The Morgan fingerprint density at radius 3 is 2.60 bits per heavy atom. The van der Waals surface area contributed by atoms with Crippen molar-refractivity contribution in [1.82, 2.24) is 4.90 Å². The van der Waals surface area contributed by atoms with Crippen molar-refractivity contribution in [3.05, 3.63) is 35.4 Å². The van der Waals surface area contributed by atoms with E-state index in [1.165, 1.54) is 7.11 Å². The number of amides is 1. The Balaban J connectivity index is 2.10. The molecule has 25 heavy (non-hydrogen) atoms. The van der Waals surface area contributed by atoms with E-state index in [1.807, 2.05) is 6.92 Å². The van der Waals surface area contributed by atoms with Crippen LogP contribution < -0.4 is 0 Å². The molecule has 2 rings (SSSR count). The second kappa shape index (κ2) is 9.20. The van der Waals surface area contributed by atoms with E-state index < -0.39 is 11.9 Å². The largest absolute Gasteiger partial charge is 0.465 e. The number of methoxy groups -OCH3 is 1. The van der Waals surface area contributed by atoms with Crippen LogP contribution in [-0.4, -0.2) is 49.6 Å². The third-order valence-corrected chi connectivity index (χ3v) is 4.36. The number of Topliss-reactive ketones (excluding diaryl/α,β-unsaturated/α-hetero) is 1. The Hall–Kier alpha value is -2.37.